The normalized spacial score (nSPS) is 21.9. The maximum Gasteiger partial charge on any atom is 0.152 e. The third kappa shape index (κ3) is 1.69. The molecular formula is C14H13O2P. The number of benzene rings is 2. The Balaban J connectivity index is 2.27. The highest BCUT2D eigenvalue weighted by Gasteiger charge is 2.33. The fourth-order valence-corrected chi connectivity index (χ4v) is 4.07. The highest BCUT2D eigenvalue weighted by atomic mass is 31.2. The van der Waals surface area contributed by atoms with E-state index < -0.39 is 7.14 Å². The van der Waals surface area contributed by atoms with Crippen LogP contribution in [0.1, 0.15) is 0 Å². The van der Waals surface area contributed by atoms with Gasteiger partial charge in [-0.05, 0) is 23.9 Å². The summed E-state index contributed by atoms with van der Waals surface area (Å²) in [5, 5.41) is 0.895. The van der Waals surface area contributed by atoms with Crippen molar-refractivity contribution in [2.75, 3.05) is 13.0 Å². The smallest absolute Gasteiger partial charge is 0.152 e. The number of ether oxygens (including phenoxy) is 1. The van der Waals surface area contributed by atoms with Gasteiger partial charge in [-0.25, -0.2) is 0 Å². The van der Waals surface area contributed by atoms with Gasteiger partial charge in [-0.15, -0.1) is 0 Å². The Kier molecular flexibility index (Phi) is 2.34. The lowest BCUT2D eigenvalue weighted by Crippen LogP contribution is -2.03. The van der Waals surface area contributed by atoms with Crippen LogP contribution in [0.4, 0.5) is 0 Å². The quantitative estimate of drug-likeness (QED) is 0.719. The lowest BCUT2D eigenvalue weighted by molar-refractivity contribution is 0.394. The molecule has 2 aromatic rings. The Morgan fingerprint density at radius 3 is 2.59 bits per heavy atom. The Bertz CT molecular complexity index is 605. The van der Waals surface area contributed by atoms with Crippen molar-refractivity contribution in [2.45, 2.75) is 0 Å². The topological polar surface area (TPSA) is 26.3 Å². The van der Waals surface area contributed by atoms with E-state index in [4.69, 9.17) is 4.74 Å². The number of fused-ring (bicyclic) bond motifs is 1. The summed E-state index contributed by atoms with van der Waals surface area (Å²) in [7, 11) is -2.36. The van der Waals surface area contributed by atoms with Crippen LogP contribution in [-0.2, 0) is 4.57 Å². The van der Waals surface area contributed by atoms with Crippen molar-refractivity contribution in [3.8, 4) is 16.9 Å². The molecular weight excluding hydrogens is 231 g/mol. The summed E-state index contributed by atoms with van der Waals surface area (Å²) in [5.41, 5.74) is 2.13. The monoisotopic (exact) mass is 244 g/mol. The summed E-state index contributed by atoms with van der Waals surface area (Å²) in [6.07, 6.45) is 0.326. The van der Waals surface area contributed by atoms with Crippen LogP contribution in [-0.4, -0.2) is 13.0 Å². The standard InChI is InChI=1S/C14H13O2P/c1-17(15)10-16-13-9-5-8-12(14(13)17)11-6-3-2-4-7-11/h2-9H,10H2,1H3. The lowest BCUT2D eigenvalue weighted by Gasteiger charge is -2.09. The molecule has 2 aromatic carbocycles. The van der Waals surface area contributed by atoms with Crippen LogP contribution in [0.15, 0.2) is 48.5 Å². The molecule has 0 amide bonds. The second kappa shape index (κ2) is 3.75. The van der Waals surface area contributed by atoms with Crippen LogP contribution < -0.4 is 10.0 Å². The minimum Gasteiger partial charge on any atom is -0.485 e. The zero-order chi connectivity index (χ0) is 11.9. The average molecular weight is 244 g/mol. The first-order chi connectivity index (χ1) is 8.18. The predicted molar refractivity (Wildman–Crippen MR) is 70.5 cm³/mol. The second-order valence-electron chi connectivity index (χ2n) is 4.39. The Morgan fingerprint density at radius 2 is 1.82 bits per heavy atom. The van der Waals surface area contributed by atoms with E-state index >= 15 is 0 Å². The summed E-state index contributed by atoms with van der Waals surface area (Å²) >= 11 is 0. The van der Waals surface area contributed by atoms with Crippen molar-refractivity contribution >= 4 is 12.4 Å². The number of hydrogen-bond acceptors (Lipinski definition) is 2. The van der Waals surface area contributed by atoms with Gasteiger partial charge in [-0.3, -0.25) is 0 Å². The molecule has 0 saturated carbocycles. The molecule has 0 aromatic heterocycles. The average Bonchev–Trinajstić information content (AvgIpc) is 2.67. The van der Waals surface area contributed by atoms with Gasteiger partial charge in [-0.1, -0.05) is 42.5 Å². The van der Waals surface area contributed by atoms with E-state index in [0.29, 0.717) is 6.35 Å². The van der Waals surface area contributed by atoms with E-state index in [9.17, 15) is 4.57 Å². The van der Waals surface area contributed by atoms with Crippen LogP contribution in [0.3, 0.4) is 0 Å². The maximum absolute atomic E-state index is 12.5. The SMILES string of the molecule is CP1(=O)COc2cccc(-c3ccccc3)c21. The van der Waals surface area contributed by atoms with Gasteiger partial charge in [0, 0.05) is 0 Å². The molecule has 3 rings (SSSR count). The summed E-state index contributed by atoms with van der Waals surface area (Å²) in [4.78, 5) is 0. The predicted octanol–water partition coefficient (Wildman–Crippen LogP) is 3.32. The van der Waals surface area contributed by atoms with E-state index in [0.717, 1.165) is 22.2 Å². The highest BCUT2D eigenvalue weighted by molar-refractivity contribution is 7.71. The van der Waals surface area contributed by atoms with E-state index in [2.05, 4.69) is 0 Å². The van der Waals surface area contributed by atoms with Crippen molar-refractivity contribution in [3.63, 3.8) is 0 Å². The van der Waals surface area contributed by atoms with Gasteiger partial charge in [0.2, 0.25) is 0 Å². The highest BCUT2D eigenvalue weighted by Crippen LogP contribution is 2.50. The van der Waals surface area contributed by atoms with Crippen molar-refractivity contribution in [1.29, 1.82) is 0 Å². The molecule has 3 heteroatoms. The van der Waals surface area contributed by atoms with Gasteiger partial charge in [0.25, 0.3) is 0 Å². The zero-order valence-corrected chi connectivity index (χ0v) is 10.5. The summed E-state index contributed by atoms with van der Waals surface area (Å²) in [5.74, 6) is 0.775. The summed E-state index contributed by atoms with van der Waals surface area (Å²) in [6, 6.07) is 15.9. The molecule has 0 saturated heterocycles. The van der Waals surface area contributed by atoms with Crippen molar-refractivity contribution < 1.29 is 9.30 Å². The van der Waals surface area contributed by atoms with Gasteiger partial charge in [0.05, 0.1) is 5.30 Å². The van der Waals surface area contributed by atoms with Gasteiger partial charge in [-0.2, -0.15) is 0 Å². The van der Waals surface area contributed by atoms with Gasteiger partial charge < -0.3 is 9.30 Å². The Hall–Kier alpha value is -1.53. The first kappa shape index (κ1) is 10.6. The Labute approximate surface area is 101 Å². The van der Waals surface area contributed by atoms with E-state index in [1.54, 1.807) is 6.66 Å². The summed E-state index contributed by atoms with van der Waals surface area (Å²) < 4.78 is 18.0. The third-order valence-electron chi connectivity index (χ3n) is 3.02. The largest absolute Gasteiger partial charge is 0.485 e. The molecule has 1 atom stereocenters. The fourth-order valence-electron chi connectivity index (χ4n) is 2.23. The molecule has 0 bridgehead atoms. The van der Waals surface area contributed by atoms with Crippen molar-refractivity contribution in [3.05, 3.63) is 48.5 Å². The molecule has 0 radical (unpaired) electrons. The second-order valence-corrected chi connectivity index (χ2v) is 7.30. The lowest BCUT2D eigenvalue weighted by atomic mass is 10.1. The molecule has 2 nitrogen and oxygen atoms in total. The molecule has 1 aliphatic heterocycles. The summed E-state index contributed by atoms with van der Waals surface area (Å²) in [6.45, 7) is 1.80. The molecule has 0 spiro atoms. The van der Waals surface area contributed by atoms with Crippen molar-refractivity contribution in [2.24, 2.45) is 0 Å². The third-order valence-corrected chi connectivity index (χ3v) is 5.05. The molecule has 1 heterocycles. The van der Waals surface area contributed by atoms with E-state index in [-0.39, 0.29) is 0 Å². The molecule has 1 aliphatic rings. The van der Waals surface area contributed by atoms with E-state index in [1.807, 2.05) is 48.5 Å². The van der Waals surface area contributed by atoms with Gasteiger partial charge in [0.1, 0.15) is 12.1 Å². The fraction of sp³-hybridized carbons (Fsp3) is 0.143. The van der Waals surface area contributed by atoms with Crippen LogP contribution >= 0.6 is 7.14 Å². The van der Waals surface area contributed by atoms with Gasteiger partial charge in [0.15, 0.2) is 7.14 Å². The first-order valence-corrected chi connectivity index (χ1v) is 7.91. The minimum absolute atomic E-state index is 0.326. The zero-order valence-electron chi connectivity index (χ0n) is 9.59. The number of rotatable bonds is 1. The van der Waals surface area contributed by atoms with E-state index in [1.165, 1.54) is 0 Å². The molecule has 1 unspecified atom stereocenters. The maximum atomic E-state index is 12.5. The van der Waals surface area contributed by atoms with Crippen LogP contribution in [0, 0.1) is 0 Å². The molecule has 0 fully saturated rings. The van der Waals surface area contributed by atoms with Crippen LogP contribution in [0.2, 0.25) is 0 Å². The minimum atomic E-state index is -2.36. The van der Waals surface area contributed by atoms with Gasteiger partial charge >= 0.3 is 0 Å². The van der Waals surface area contributed by atoms with Crippen LogP contribution in [0.25, 0.3) is 11.1 Å². The molecule has 86 valence electrons. The Morgan fingerprint density at radius 1 is 1.06 bits per heavy atom. The molecule has 0 aliphatic carbocycles. The molecule has 0 N–H and O–H groups in total. The molecule has 17 heavy (non-hydrogen) atoms. The van der Waals surface area contributed by atoms with Crippen molar-refractivity contribution in [1.82, 2.24) is 0 Å². The number of hydrogen-bond donors (Lipinski definition) is 0. The van der Waals surface area contributed by atoms with Crippen LogP contribution in [0.5, 0.6) is 5.75 Å². The first-order valence-electron chi connectivity index (χ1n) is 5.57.